The number of para-hydroxylation sites is 1. The number of rotatable bonds is 4. The Bertz CT molecular complexity index is 1420. The van der Waals surface area contributed by atoms with Crippen molar-refractivity contribution in [3.63, 3.8) is 0 Å². The van der Waals surface area contributed by atoms with Crippen LogP contribution in [0, 0.1) is 0 Å². The molecule has 1 aliphatic heterocycles. The molecule has 164 valence electrons. The molecular weight excluding hydrogens is 442 g/mol. The molecule has 1 aromatic heterocycles. The molecular formula is C24H23N3O3S2. The second-order valence-electron chi connectivity index (χ2n) is 8.10. The van der Waals surface area contributed by atoms with E-state index in [1.807, 2.05) is 29.2 Å². The van der Waals surface area contributed by atoms with E-state index in [2.05, 4.69) is 34.1 Å². The van der Waals surface area contributed by atoms with E-state index in [1.165, 1.54) is 23.0 Å². The molecule has 0 unspecified atom stereocenters. The molecule has 1 aliphatic rings. The number of hydrogen-bond acceptors (Lipinski definition) is 6. The van der Waals surface area contributed by atoms with Gasteiger partial charge >= 0.3 is 0 Å². The summed E-state index contributed by atoms with van der Waals surface area (Å²) in [7, 11) is -3.34. The fourth-order valence-electron chi connectivity index (χ4n) is 4.13. The first-order valence-electron chi connectivity index (χ1n) is 10.5. The van der Waals surface area contributed by atoms with Gasteiger partial charge in [0.15, 0.2) is 15.0 Å². The number of carbonyl (C=O) groups excluding carboxylic acids is 1. The van der Waals surface area contributed by atoms with Crippen LogP contribution in [-0.2, 0) is 21.1 Å². The van der Waals surface area contributed by atoms with Gasteiger partial charge in [-0.25, -0.2) is 13.4 Å². The first kappa shape index (κ1) is 20.9. The Kier molecular flexibility index (Phi) is 5.35. The summed E-state index contributed by atoms with van der Waals surface area (Å²) in [5.41, 5.74) is 1.56. The van der Waals surface area contributed by atoms with E-state index < -0.39 is 9.84 Å². The van der Waals surface area contributed by atoms with Crippen LogP contribution < -0.4 is 4.90 Å². The largest absolute Gasteiger partial charge is 0.345 e. The minimum absolute atomic E-state index is 0.128. The van der Waals surface area contributed by atoms with Crippen LogP contribution in [0.25, 0.3) is 21.0 Å². The lowest BCUT2D eigenvalue weighted by molar-refractivity contribution is -0.130. The molecule has 0 bridgehead atoms. The molecule has 32 heavy (non-hydrogen) atoms. The maximum absolute atomic E-state index is 12.9. The highest BCUT2D eigenvalue weighted by molar-refractivity contribution is 7.91. The van der Waals surface area contributed by atoms with Crippen molar-refractivity contribution in [1.29, 1.82) is 0 Å². The first-order valence-corrected chi connectivity index (χ1v) is 13.2. The Morgan fingerprint density at radius 2 is 1.72 bits per heavy atom. The van der Waals surface area contributed by atoms with Crippen molar-refractivity contribution in [2.24, 2.45) is 0 Å². The van der Waals surface area contributed by atoms with E-state index in [-0.39, 0.29) is 10.8 Å². The zero-order valence-corrected chi connectivity index (χ0v) is 19.3. The fraction of sp³-hybridized carbons (Fsp3) is 0.250. The van der Waals surface area contributed by atoms with Gasteiger partial charge < -0.3 is 9.80 Å². The van der Waals surface area contributed by atoms with E-state index in [0.717, 1.165) is 20.8 Å². The van der Waals surface area contributed by atoms with Crippen molar-refractivity contribution in [2.45, 2.75) is 11.3 Å². The van der Waals surface area contributed by atoms with Crippen molar-refractivity contribution >= 4 is 53.2 Å². The number of hydrogen-bond donors (Lipinski definition) is 0. The predicted molar refractivity (Wildman–Crippen MR) is 129 cm³/mol. The summed E-state index contributed by atoms with van der Waals surface area (Å²) in [6.45, 7) is 2.61. The number of carbonyl (C=O) groups is 1. The second-order valence-corrected chi connectivity index (χ2v) is 11.1. The van der Waals surface area contributed by atoms with Gasteiger partial charge in [-0.2, -0.15) is 0 Å². The van der Waals surface area contributed by atoms with Gasteiger partial charge in [-0.1, -0.05) is 59.9 Å². The number of aromatic nitrogens is 1. The zero-order chi connectivity index (χ0) is 22.3. The lowest BCUT2D eigenvalue weighted by Gasteiger charge is -2.34. The van der Waals surface area contributed by atoms with Crippen molar-refractivity contribution in [3.8, 4) is 0 Å². The lowest BCUT2D eigenvalue weighted by atomic mass is 10.0. The van der Waals surface area contributed by atoms with Gasteiger partial charge in [-0.05, 0) is 28.5 Å². The quantitative estimate of drug-likeness (QED) is 0.459. The topological polar surface area (TPSA) is 70.6 Å². The van der Waals surface area contributed by atoms with Crippen LogP contribution in [0.1, 0.15) is 5.56 Å². The smallest absolute Gasteiger partial charge is 0.227 e. The molecule has 1 fully saturated rings. The highest BCUT2D eigenvalue weighted by atomic mass is 32.2. The van der Waals surface area contributed by atoms with Gasteiger partial charge in [0.25, 0.3) is 0 Å². The lowest BCUT2D eigenvalue weighted by Crippen LogP contribution is -2.49. The molecule has 0 N–H and O–H groups in total. The molecule has 3 aromatic carbocycles. The fourth-order valence-corrected chi connectivity index (χ4v) is 6.07. The van der Waals surface area contributed by atoms with E-state index >= 15 is 0 Å². The highest BCUT2D eigenvalue weighted by Crippen LogP contribution is 2.33. The van der Waals surface area contributed by atoms with Gasteiger partial charge in [0.2, 0.25) is 5.91 Å². The van der Waals surface area contributed by atoms with Crippen LogP contribution >= 0.6 is 11.3 Å². The molecule has 0 atom stereocenters. The van der Waals surface area contributed by atoms with Crippen LogP contribution in [0.4, 0.5) is 5.13 Å². The Hall–Kier alpha value is -2.97. The van der Waals surface area contributed by atoms with Crippen molar-refractivity contribution in [1.82, 2.24) is 9.88 Å². The summed E-state index contributed by atoms with van der Waals surface area (Å²) in [6.07, 6.45) is 1.60. The Morgan fingerprint density at radius 1 is 0.969 bits per heavy atom. The third kappa shape index (κ3) is 4.08. The van der Waals surface area contributed by atoms with E-state index in [9.17, 15) is 13.2 Å². The van der Waals surface area contributed by atoms with Gasteiger partial charge in [-0.15, -0.1) is 0 Å². The van der Waals surface area contributed by atoms with Crippen molar-refractivity contribution in [3.05, 3.63) is 66.2 Å². The number of benzene rings is 3. The average Bonchev–Trinajstić information content (AvgIpc) is 3.23. The van der Waals surface area contributed by atoms with Crippen LogP contribution in [0.5, 0.6) is 0 Å². The van der Waals surface area contributed by atoms with Crippen molar-refractivity contribution < 1.29 is 13.2 Å². The average molecular weight is 466 g/mol. The summed E-state index contributed by atoms with van der Waals surface area (Å²) in [6, 6.07) is 19.6. The molecule has 0 radical (unpaired) electrons. The molecule has 1 saturated heterocycles. The van der Waals surface area contributed by atoms with Gasteiger partial charge in [-0.3, -0.25) is 4.79 Å². The Labute approximate surface area is 191 Å². The van der Waals surface area contributed by atoms with Crippen LogP contribution in [0.2, 0.25) is 0 Å². The number of nitrogens with zero attached hydrogens (tertiary/aromatic N) is 3. The summed E-state index contributed by atoms with van der Waals surface area (Å²) in [4.78, 5) is 21.8. The van der Waals surface area contributed by atoms with E-state index in [4.69, 9.17) is 0 Å². The standard InChI is InChI=1S/C24H23N3O3S2/c1-32(29,30)21-8-4-7-20-23(21)25-24(31-20)27-13-11-26(12-14-27)22(28)16-17-9-10-18-5-2-3-6-19(18)15-17/h2-10,15H,11-14,16H2,1H3. The zero-order valence-electron chi connectivity index (χ0n) is 17.7. The summed E-state index contributed by atoms with van der Waals surface area (Å²) in [5.74, 6) is 0.128. The number of piperazine rings is 1. The predicted octanol–water partition coefficient (Wildman–Crippen LogP) is 3.74. The molecule has 0 saturated carbocycles. The second kappa shape index (κ2) is 8.18. The maximum Gasteiger partial charge on any atom is 0.227 e. The Balaban J connectivity index is 1.27. The van der Waals surface area contributed by atoms with Gasteiger partial charge in [0.1, 0.15) is 5.52 Å². The molecule has 0 spiro atoms. The maximum atomic E-state index is 12.9. The first-order chi connectivity index (χ1) is 15.4. The van der Waals surface area contributed by atoms with Gasteiger partial charge in [0, 0.05) is 32.4 Å². The number of sulfone groups is 1. The van der Waals surface area contributed by atoms with E-state index in [0.29, 0.717) is 38.1 Å². The van der Waals surface area contributed by atoms with Crippen LogP contribution in [0.15, 0.2) is 65.6 Å². The molecule has 8 heteroatoms. The molecule has 5 rings (SSSR count). The van der Waals surface area contributed by atoms with E-state index in [1.54, 1.807) is 12.1 Å². The summed E-state index contributed by atoms with van der Waals surface area (Å²) in [5, 5.41) is 3.12. The SMILES string of the molecule is CS(=O)(=O)c1cccc2sc(N3CCN(C(=O)Cc4ccc5ccccc5c4)CC3)nc12. The monoisotopic (exact) mass is 465 g/mol. The normalized spacial score (nSPS) is 14.9. The minimum atomic E-state index is -3.34. The summed E-state index contributed by atoms with van der Waals surface area (Å²) < 4.78 is 25.0. The van der Waals surface area contributed by atoms with Crippen LogP contribution in [0.3, 0.4) is 0 Å². The molecule has 6 nitrogen and oxygen atoms in total. The van der Waals surface area contributed by atoms with Crippen LogP contribution in [-0.4, -0.2) is 56.6 Å². The molecule has 2 heterocycles. The molecule has 4 aromatic rings. The number of amides is 1. The third-order valence-electron chi connectivity index (χ3n) is 5.84. The summed E-state index contributed by atoms with van der Waals surface area (Å²) >= 11 is 1.49. The third-order valence-corrected chi connectivity index (χ3v) is 8.05. The number of fused-ring (bicyclic) bond motifs is 2. The molecule has 1 amide bonds. The van der Waals surface area contributed by atoms with Crippen molar-refractivity contribution in [2.75, 3.05) is 37.3 Å². The number of thiazole rings is 1. The highest BCUT2D eigenvalue weighted by Gasteiger charge is 2.24. The van der Waals surface area contributed by atoms with Gasteiger partial charge in [0.05, 0.1) is 16.0 Å². The number of anilines is 1. The minimum Gasteiger partial charge on any atom is -0.345 e. The Morgan fingerprint density at radius 3 is 2.47 bits per heavy atom. The molecule has 0 aliphatic carbocycles.